The van der Waals surface area contributed by atoms with Crippen LogP contribution < -0.4 is 0 Å². The lowest BCUT2D eigenvalue weighted by Gasteiger charge is -2.06. The quantitative estimate of drug-likeness (QED) is 0.510. The van der Waals surface area contributed by atoms with E-state index in [2.05, 4.69) is 15.0 Å². The highest BCUT2D eigenvalue weighted by molar-refractivity contribution is 7.98. The highest BCUT2D eigenvalue weighted by Gasteiger charge is 2.06. The number of pyridine rings is 1. The summed E-state index contributed by atoms with van der Waals surface area (Å²) in [5.74, 6) is 1.51. The Hall–Kier alpha value is -1.91. The van der Waals surface area contributed by atoms with Crippen LogP contribution >= 0.6 is 23.4 Å². The molecule has 0 bridgehead atoms. The summed E-state index contributed by atoms with van der Waals surface area (Å²) in [7, 11) is 0. The zero-order valence-corrected chi connectivity index (χ0v) is 13.6. The van der Waals surface area contributed by atoms with Crippen molar-refractivity contribution in [3.8, 4) is 11.5 Å². The van der Waals surface area contributed by atoms with Crippen molar-refractivity contribution in [1.29, 1.82) is 0 Å². The lowest BCUT2D eigenvalue weighted by atomic mass is 10.2. The molecule has 0 atom stereocenters. The minimum Gasteiger partial charge on any atom is -0.253 e. The third kappa shape index (κ3) is 3.84. The smallest absolute Gasteiger partial charge is 0.179 e. The van der Waals surface area contributed by atoms with Gasteiger partial charge < -0.3 is 0 Å². The summed E-state index contributed by atoms with van der Waals surface area (Å²) in [5, 5.41) is 1.70. The van der Waals surface area contributed by atoms with Crippen molar-refractivity contribution in [3.05, 3.63) is 71.0 Å². The highest BCUT2D eigenvalue weighted by Crippen LogP contribution is 2.24. The van der Waals surface area contributed by atoms with E-state index in [1.54, 1.807) is 18.0 Å². The number of hydrogen-bond donors (Lipinski definition) is 0. The average Bonchev–Trinajstić information content (AvgIpc) is 2.55. The minimum atomic E-state index is 0.666. The van der Waals surface area contributed by atoms with Gasteiger partial charge in [-0.3, -0.25) is 4.98 Å². The first kappa shape index (κ1) is 15.0. The van der Waals surface area contributed by atoms with Crippen molar-refractivity contribution in [3.63, 3.8) is 0 Å². The van der Waals surface area contributed by atoms with Gasteiger partial charge in [-0.15, -0.1) is 11.8 Å². The fraction of sp³-hybridized carbons (Fsp3) is 0.118. The highest BCUT2D eigenvalue weighted by atomic mass is 35.5. The number of hydrogen-bond acceptors (Lipinski definition) is 4. The van der Waals surface area contributed by atoms with Crippen LogP contribution in [0.4, 0.5) is 0 Å². The summed E-state index contributed by atoms with van der Waals surface area (Å²) in [5.41, 5.74) is 2.94. The van der Waals surface area contributed by atoms with E-state index in [-0.39, 0.29) is 0 Å². The van der Waals surface area contributed by atoms with Crippen LogP contribution in [0.15, 0.2) is 59.8 Å². The topological polar surface area (TPSA) is 38.7 Å². The first-order valence-corrected chi connectivity index (χ1v) is 8.21. The molecular weight excluding hydrogens is 314 g/mol. The van der Waals surface area contributed by atoms with Gasteiger partial charge >= 0.3 is 0 Å². The third-order valence-electron chi connectivity index (χ3n) is 3.02. The van der Waals surface area contributed by atoms with E-state index in [0.717, 1.165) is 27.2 Å². The molecule has 0 radical (unpaired) electrons. The Balaban J connectivity index is 1.79. The molecule has 2 aromatic heterocycles. The summed E-state index contributed by atoms with van der Waals surface area (Å²) >= 11 is 7.58. The zero-order valence-electron chi connectivity index (χ0n) is 12.0. The van der Waals surface area contributed by atoms with E-state index in [1.807, 2.05) is 55.5 Å². The molecule has 3 nitrogen and oxygen atoms in total. The van der Waals surface area contributed by atoms with Gasteiger partial charge in [-0.05, 0) is 42.8 Å². The second-order valence-corrected chi connectivity index (χ2v) is 6.23. The fourth-order valence-electron chi connectivity index (χ4n) is 1.96. The van der Waals surface area contributed by atoms with E-state index < -0.39 is 0 Å². The van der Waals surface area contributed by atoms with Crippen molar-refractivity contribution in [2.45, 2.75) is 17.7 Å². The van der Waals surface area contributed by atoms with Crippen LogP contribution in [0, 0.1) is 6.92 Å². The number of aromatic nitrogens is 3. The maximum Gasteiger partial charge on any atom is 0.179 e. The maximum absolute atomic E-state index is 5.90. The van der Waals surface area contributed by atoms with Crippen molar-refractivity contribution < 1.29 is 0 Å². The van der Waals surface area contributed by atoms with Crippen LogP contribution in [-0.4, -0.2) is 15.0 Å². The van der Waals surface area contributed by atoms with Crippen molar-refractivity contribution in [2.75, 3.05) is 0 Å². The number of nitrogens with zero attached hydrogens (tertiary/aromatic N) is 3. The molecule has 0 spiro atoms. The monoisotopic (exact) mass is 327 g/mol. The Kier molecular flexibility index (Phi) is 4.71. The first-order valence-electron chi connectivity index (χ1n) is 6.85. The standard InChI is InChI=1S/C17H14ClN3S/c1-12-10-16(22-11-13-5-7-14(18)8-6-13)21-17(20-12)15-4-2-3-9-19-15/h2-10H,11H2,1H3. The molecule has 0 amide bonds. The Morgan fingerprint density at radius 3 is 2.59 bits per heavy atom. The van der Waals surface area contributed by atoms with Gasteiger partial charge in [0.1, 0.15) is 10.7 Å². The fourth-order valence-corrected chi connectivity index (χ4v) is 3.00. The van der Waals surface area contributed by atoms with Crippen molar-refractivity contribution in [1.82, 2.24) is 15.0 Å². The van der Waals surface area contributed by atoms with Gasteiger partial charge in [0.25, 0.3) is 0 Å². The summed E-state index contributed by atoms with van der Waals surface area (Å²) in [6, 6.07) is 15.6. The molecule has 0 aliphatic rings. The van der Waals surface area contributed by atoms with Gasteiger partial charge in [0.15, 0.2) is 5.82 Å². The molecule has 22 heavy (non-hydrogen) atoms. The Morgan fingerprint density at radius 1 is 1.05 bits per heavy atom. The van der Waals surface area contributed by atoms with Gasteiger partial charge in [-0.1, -0.05) is 29.8 Å². The van der Waals surface area contributed by atoms with Crippen LogP contribution in [0.2, 0.25) is 5.02 Å². The summed E-state index contributed by atoms with van der Waals surface area (Å²) in [4.78, 5) is 13.4. The molecule has 0 unspecified atom stereocenters. The normalized spacial score (nSPS) is 10.6. The minimum absolute atomic E-state index is 0.666. The van der Waals surface area contributed by atoms with Crippen LogP contribution in [0.5, 0.6) is 0 Å². The Labute approximate surface area is 138 Å². The van der Waals surface area contributed by atoms with Crippen LogP contribution in [0.1, 0.15) is 11.3 Å². The molecular formula is C17H14ClN3S. The lowest BCUT2D eigenvalue weighted by Crippen LogP contribution is -1.95. The lowest BCUT2D eigenvalue weighted by molar-refractivity contribution is 1.00. The zero-order chi connectivity index (χ0) is 15.4. The van der Waals surface area contributed by atoms with E-state index in [9.17, 15) is 0 Å². The van der Waals surface area contributed by atoms with Crippen LogP contribution in [-0.2, 0) is 5.75 Å². The molecule has 0 aliphatic heterocycles. The average molecular weight is 328 g/mol. The predicted molar refractivity (Wildman–Crippen MR) is 91.0 cm³/mol. The summed E-state index contributed by atoms with van der Waals surface area (Å²) in [6.07, 6.45) is 1.75. The van der Waals surface area contributed by atoms with E-state index >= 15 is 0 Å². The van der Waals surface area contributed by atoms with E-state index in [4.69, 9.17) is 11.6 Å². The summed E-state index contributed by atoms with van der Waals surface area (Å²) < 4.78 is 0. The predicted octanol–water partition coefficient (Wildman–Crippen LogP) is 4.79. The second-order valence-electron chi connectivity index (χ2n) is 4.80. The third-order valence-corrected chi connectivity index (χ3v) is 4.26. The van der Waals surface area contributed by atoms with Crippen molar-refractivity contribution >= 4 is 23.4 Å². The molecule has 0 aliphatic carbocycles. The molecule has 5 heteroatoms. The van der Waals surface area contributed by atoms with Crippen LogP contribution in [0.3, 0.4) is 0 Å². The molecule has 1 aromatic carbocycles. The number of aryl methyl sites for hydroxylation is 1. The molecule has 3 aromatic rings. The Bertz CT molecular complexity index is 761. The summed E-state index contributed by atoms with van der Waals surface area (Å²) in [6.45, 7) is 1.97. The molecule has 3 rings (SSSR count). The van der Waals surface area contributed by atoms with Gasteiger partial charge in [-0.2, -0.15) is 0 Å². The molecule has 0 saturated carbocycles. The molecule has 0 N–H and O–H groups in total. The number of rotatable bonds is 4. The molecule has 2 heterocycles. The van der Waals surface area contributed by atoms with Gasteiger partial charge in [0, 0.05) is 22.7 Å². The SMILES string of the molecule is Cc1cc(SCc2ccc(Cl)cc2)nc(-c2ccccn2)n1. The second kappa shape index (κ2) is 6.90. The molecule has 110 valence electrons. The van der Waals surface area contributed by atoms with Gasteiger partial charge in [-0.25, -0.2) is 9.97 Å². The number of benzene rings is 1. The first-order chi connectivity index (χ1) is 10.7. The van der Waals surface area contributed by atoms with E-state index in [0.29, 0.717) is 5.82 Å². The Morgan fingerprint density at radius 2 is 1.86 bits per heavy atom. The molecule has 0 saturated heterocycles. The number of halogens is 1. The van der Waals surface area contributed by atoms with Gasteiger partial charge in [0.2, 0.25) is 0 Å². The largest absolute Gasteiger partial charge is 0.253 e. The molecule has 0 fully saturated rings. The maximum atomic E-state index is 5.90. The van der Waals surface area contributed by atoms with E-state index in [1.165, 1.54) is 5.56 Å². The van der Waals surface area contributed by atoms with Crippen LogP contribution in [0.25, 0.3) is 11.5 Å². The van der Waals surface area contributed by atoms with Crippen molar-refractivity contribution in [2.24, 2.45) is 0 Å². The number of thioether (sulfide) groups is 1. The van der Waals surface area contributed by atoms with Gasteiger partial charge in [0.05, 0.1) is 0 Å².